The summed E-state index contributed by atoms with van der Waals surface area (Å²) in [6.07, 6.45) is 11.6. The normalized spacial score (nSPS) is 21.9. The highest BCUT2D eigenvalue weighted by molar-refractivity contribution is 4.96. The van der Waals surface area contributed by atoms with Crippen molar-refractivity contribution in [2.45, 2.75) is 64.3 Å². The topological polar surface area (TPSA) is 12.0 Å². The molecule has 1 nitrogen and oxygen atoms in total. The maximum absolute atomic E-state index is 3.80. The summed E-state index contributed by atoms with van der Waals surface area (Å²) in [5.41, 5.74) is 0. The quantitative estimate of drug-likeness (QED) is 0.586. The molecule has 0 atom stereocenters. The summed E-state index contributed by atoms with van der Waals surface area (Å²) >= 11 is 0. The molecule has 0 amide bonds. The second-order valence-electron chi connectivity index (χ2n) is 5.22. The zero-order valence-corrected chi connectivity index (χ0v) is 9.60. The third kappa shape index (κ3) is 3.27. The molecule has 0 aromatic heterocycles. The van der Waals surface area contributed by atoms with Gasteiger partial charge in [0.25, 0.3) is 0 Å². The maximum atomic E-state index is 3.80. The summed E-state index contributed by atoms with van der Waals surface area (Å²) < 4.78 is 0. The first-order chi connectivity index (χ1) is 6.92. The van der Waals surface area contributed by atoms with Crippen LogP contribution >= 0.6 is 0 Å². The fraction of sp³-hybridized carbons (Fsp3) is 1.00. The molecule has 0 unspecified atom stereocenters. The summed E-state index contributed by atoms with van der Waals surface area (Å²) in [5.74, 6) is 2.13. The van der Waals surface area contributed by atoms with Gasteiger partial charge in [0.05, 0.1) is 0 Å². The Kier molecular flexibility index (Phi) is 3.86. The van der Waals surface area contributed by atoms with Gasteiger partial charge in [0, 0.05) is 6.04 Å². The van der Waals surface area contributed by atoms with Gasteiger partial charge in [-0.25, -0.2) is 0 Å². The fourth-order valence-electron chi connectivity index (χ4n) is 2.45. The van der Waals surface area contributed by atoms with Crippen molar-refractivity contribution in [3.05, 3.63) is 0 Å². The van der Waals surface area contributed by atoms with Crippen LogP contribution in [0.4, 0.5) is 0 Å². The van der Waals surface area contributed by atoms with Crippen molar-refractivity contribution in [3.8, 4) is 0 Å². The number of hydrogen-bond donors (Lipinski definition) is 1. The largest absolute Gasteiger partial charge is 0.313 e. The van der Waals surface area contributed by atoms with Crippen LogP contribution in [0.15, 0.2) is 0 Å². The van der Waals surface area contributed by atoms with Crippen molar-refractivity contribution in [2.75, 3.05) is 6.54 Å². The van der Waals surface area contributed by atoms with Gasteiger partial charge in [-0.05, 0) is 50.5 Å². The van der Waals surface area contributed by atoms with Crippen LogP contribution in [-0.4, -0.2) is 12.6 Å². The molecule has 2 rings (SSSR count). The molecule has 2 fully saturated rings. The molecule has 1 heteroatoms. The first-order valence-electron chi connectivity index (χ1n) is 6.65. The first-order valence-corrected chi connectivity index (χ1v) is 6.65. The Labute approximate surface area is 88.7 Å². The van der Waals surface area contributed by atoms with E-state index < -0.39 is 0 Å². The molecule has 1 N–H and O–H groups in total. The van der Waals surface area contributed by atoms with Crippen LogP contribution in [0.3, 0.4) is 0 Å². The van der Waals surface area contributed by atoms with Gasteiger partial charge in [-0.3, -0.25) is 0 Å². The Morgan fingerprint density at radius 1 is 1.00 bits per heavy atom. The van der Waals surface area contributed by atoms with E-state index in [1.54, 1.807) is 0 Å². The lowest BCUT2D eigenvalue weighted by Crippen LogP contribution is -2.33. The van der Waals surface area contributed by atoms with Crippen LogP contribution in [0.5, 0.6) is 0 Å². The molecule has 2 aliphatic carbocycles. The zero-order chi connectivity index (χ0) is 9.80. The van der Waals surface area contributed by atoms with Gasteiger partial charge in [-0.1, -0.05) is 26.2 Å². The van der Waals surface area contributed by atoms with E-state index in [9.17, 15) is 0 Å². The van der Waals surface area contributed by atoms with Crippen molar-refractivity contribution in [1.29, 1.82) is 0 Å². The second kappa shape index (κ2) is 5.16. The molecule has 0 aromatic carbocycles. The van der Waals surface area contributed by atoms with E-state index in [1.807, 2.05) is 0 Å². The predicted molar refractivity (Wildman–Crippen MR) is 61.4 cm³/mol. The smallest absolute Gasteiger partial charge is 0.0124 e. The summed E-state index contributed by atoms with van der Waals surface area (Å²) in [6, 6.07) is 0.914. The maximum Gasteiger partial charge on any atom is 0.0124 e. The van der Waals surface area contributed by atoms with Crippen LogP contribution in [0.25, 0.3) is 0 Å². The minimum absolute atomic E-state index is 0.914. The Hall–Kier alpha value is -0.0400. The van der Waals surface area contributed by atoms with E-state index in [2.05, 4.69) is 12.2 Å². The van der Waals surface area contributed by atoms with Crippen molar-refractivity contribution < 1.29 is 0 Å². The van der Waals surface area contributed by atoms with E-state index in [-0.39, 0.29) is 0 Å². The van der Waals surface area contributed by atoms with Gasteiger partial charge in [0.1, 0.15) is 0 Å². The summed E-state index contributed by atoms with van der Waals surface area (Å²) in [6.45, 7) is 3.56. The average Bonchev–Trinajstić information content (AvgIpc) is 3.03. The molecule has 14 heavy (non-hydrogen) atoms. The number of unbranched alkanes of at least 4 members (excludes halogenated alkanes) is 3. The highest BCUT2D eigenvalue weighted by atomic mass is 14.9. The van der Waals surface area contributed by atoms with E-state index in [0.717, 1.165) is 17.9 Å². The van der Waals surface area contributed by atoms with Crippen molar-refractivity contribution >= 4 is 0 Å². The molecule has 0 bridgehead atoms. The van der Waals surface area contributed by atoms with Gasteiger partial charge >= 0.3 is 0 Å². The molecule has 82 valence electrons. The highest BCUT2D eigenvalue weighted by Crippen LogP contribution is 2.44. The number of nitrogens with one attached hydrogen (secondary N) is 1. The van der Waals surface area contributed by atoms with Crippen molar-refractivity contribution in [2.24, 2.45) is 11.8 Å². The molecule has 0 saturated heterocycles. The molecule has 2 saturated carbocycles. The van der Waals surface area contributed by atoms with Gasteiger partial charge in [0.2, 0.25) is 0 Å². The van der Waals surface area contributed by atoms with E-state index >= 15 is 0 Å². The highest BCUT2D eigenvalue weighted by Gasteiger charge is 2.40. The van der Waals surface area contributed by atoms with Crippen LogP contribution in [0.1, 0.15) is 58.3 Å². The van der Waals surface area contributed by atoms with Crippen LogP contribution in [-0.2, 0) is 0 Å². The Morgan fingerprint density at radius 3 is 2.14 bits per heavy atom. The monoisotopic (exact) mass is 195 g/mol. The molecular weight excluding hydrogens is 170 g/mol. The number of hydrogen-bond acceptors (Lipinski definition) is 1. The minimum atomic E-state index is 0.914. The van der Waals surface area contributed by atoms with Gasteiger partial charge in [-0.2, -0.15) is 0 Å². The Bertz CT molecular complexity index is 147. The fourth-order valence-corrected chi connectivity index (χ4v) is 2.45. The molecule has 0 spiro atoms. The SMILES string of the molecule is CCCCCCNC(C1CC1)C1CC1. The van der Waals surface area contributed by atoms with Gasteiger partial charge in [0.15, 0.2) is 0 Å². The molecule has 0 radical (unpaired) electrons. The zero-order valence-electron chi connectivity index (χ0n) is 9.60. The van der Waals surface area contributed by atoms with Crippen molar-refractivity contribution in [1.82, 2.24) is 5.32 Å². The van der Waals surface area contributed by atoms with Crippen LogP contribution in [0, 0.1) is 11.8 Å². The van der Waals surface area contributed by atoms with E-state index in [4.69, 9.17) is 0 Å². The Balaban J connectivity index is 1.53. The standard InChI is InChI=1S/C13H25N/c1-2-3-4-5-10-14-13(11-6-7-11)12-8-9-12/h11-14H,2-10H2,1H3. The summed E-state index contributed by atoms with van der Waals surface area (Å²) in [5, 5.41) is 3.80. The van der Waals surface area contributed by atoms with Gasteiger partial charge in [-0.15, -0.1) is 0 Å². The molecule has 0 heterocycles. The number of rotatable bonds is 8. The lowest BCUT2D eigenvalue weighted by molar-refractivity contribution is 0.410. The first kappa shape index (κ1) is 10.5. The summed E-state index contributed by atoms with van der Waals surface area (Å²) in [4.78, 5) is 0. The van der Waals surface area contributed by atoms with Gasteiger partial charge < -0.3 is 5.32 Å². The van der Waals surface area contributed by atoms with Crippen LogP contribution < -0.4 is 5.32 Å². The minimum Gasteiger partial charge on any atom is -0.313 e. The Morgan fingerprint density at radius 2 is 1.64 bits per heavy atom. The lowest BCUT2D eigenvalue weighted by Gasteiger charge is -2.17. The average molecular weight is 195 g/mol. The molecule has 0 aliphatic heterocycles. The second-order valence-corrected chi connectivity index (χ2v) is 5.22. The molecule has 2 aliphatic rings. The third-order valence-electron chi connectivity index (χ3n) is 3.67. The van der Waals surface area contributed by atoms with Crippen molar-refractivity contribution in [3.63, 3.8) is 0 Å². The van der Waals surface area contributed by atoms with Crippen LogP contribution in [0.2, 0.25) is 0 Å². The third-order valence-corrected chi connectivity index (χ3v) is 3.67. The lowest BCUT2D eigenvalue weighted by atomic mass is 10.1. The van der Waals surface area contributed by atoms with E-state index in [0.29, 0.717) is 0 Å². The molecule has 0 aromatic rings. The summed E-state index contributed by atoms with van der Waals surface area (Å²) in [7, 11) is 0. The molecular formula is C13H25N. The predicted octanol–water partition coefficient (Wildman–Crippen LogP) is 3.34. The van der Waals surface area contributed by atoms with E-state index in [1.165, 1.54) is 57.9 Å².